The molecule has 10 heteroatoms. The lowest BCUT2D eigenvalue weighted by Crippen LogP contribution is -2.18. The second-order valence-corrected chi connectivity index (χ2v) is 10.2. The van der Waals surface area contributed by atoms with Crippen molar-refractivity contribution in [2.45, 2.75) is 51.5 Å². The topological polar surface area (TPSA) is 106 Å². The third kappa shape index (κ3) is 7.58. The van der Waals surface area contributed by atoms with E-state index < -0.39 is 0 Å². The van der Waals surface area contributed by atoms with E-state index in [0.717, 1.165) is 24.0 Å². The summed E-state index contributed by atoms with van der Waals surface area (Å²) in [6.45, 7) is 5.79. The largest absolute Gasteiger partial charge is 0.395 e. The summed E-state index contributed by atoms with van der Waals surface area (Å²) in [6.07, 6.45) is 3.52. The van der Waals surface area contributed by atoms with Gasteiger partial charge in [-0.2, -0.15) is 0 Å². The number of benzene rings is 2. The normalized spacial score (nSPS) is 16.7. The molecule has 0 radical (unpaired) electrons. The Bertz CT molecular complexity index is 1250. The third-order valence-corrected chi connectivity index (χ3v) is 7.35. The van der Waals surface area contributed by atoms with Crippen LogP contribution < -0.4 is 10.0 Å². The summed E-state index contributed by atoms with van der Waals surface area (Å²) in [6, 6.07) is 21.0. The van der Waals surface area contributed by atoms with Crippen molar-refractivity contribution in [2.75, 3.05) is 37.9 Å². The Labute approximate surface area is 240 Å². The van der Waals surface area contributed by atoms with E-state index in [1.807, 2.05) is 30.5 Å². The van der Waals surface area contributed by atoms with Crippen molar-refractivity contribution < 1.29 is 14.6 Å². The number of ether oxygens (including phenoxy) is 2. The van der Waals surface area contributed by atoms with Crippen molar-refractivity contribution in [2.24, 2.45) is 0 Å². The lowest BCUT2D eigenvalue weighted by Gasteiger charge is -2.20. The van der Waals surface area contributed by atoms with Gasteiger partial charge in [0.2, 0.25) is 0 Å². The quantitative estimate of drug-likeness (QED) is 0.150. The molecule has 2 aromatic carbocycles. The average molecular weight is 565 g/mol. The molecule has 1 fully saturated rings. The molecular weight excluding hydrogens is 524 g/mol. The maximum atomic E-state index is 9.11. The summed E-state index contributed by atoms with van der Waals surface area (Å²) in [5.74, 6) is 2.08. The summed E-state index contributed by atoms with van der Waals surface area (Å²) in [7, 11) is 1.70. The molecule has 1 aliphatic heterocycles. The molecule has 5 rings (SSSR count). The number of hydrogen-bond donors (Lipinski definition) is 3. The summed E-state index contributed by atoms with van der Waals surface area (Å²) in [5.41, 5.74) is 3.92. The molecule has 40 heavy (non-hydrogen) atoms. The monoisotopic (exact) mass is 564 g/mol. The fourth-order valence-electron chi connectivity index (χ4n) is 4.81. The van der Waals surface area contributed by atoms with E-state index in [0.29, 0.717) is 37.1 Å². The number of aliphatic hydroxyl groups is 1. The van der Waals surface area contributed by atoms with Crippen LogP contribution in [-0.2, 0) is 16.0 Å². The highest BCUT2D eigenvalue weighted by Gasteiger charge is 2.29. The van der Waals surface area contributed by atoms with Crippen LogP contribution in [0.15, 0.2) is 67.0 Å². The molecule has 0 amide bonds. The highest BCUT2D eigenvalue weighted by Crippen LogP contribution is 2.32. The molecule has 3 heterocycles. The zero-order valence-corrected chi connectivity index (χ0v) is 24.3. The molecule has 9 nitrogen and oxygen atoms in total. The molecule has 214 valence electrons. The van der Waals surface area contributed by atoms with Gasteiger partial charge >= 0.3 is 0 Å². The minimum atomic E-state index is -0.145. The number of aliphatic hydroxyl groups excluding tert-OH is 1. The lowest BCUT2D eigenvalue weighted by molar-refractivity contribution is -0.0300. The van der Waals surface area contributed by atoms with Crippen LogP contribution in [0.3, 0.4) is 0 Å². The molecule has 0 spiro atoms. The molecule has 2 unspecified atom stereocenters. The first kappa shape index (κ1) is 30.0. The maximum Gasteiger partial charge on any atom is 0.167 e. The number of fused-ring (bicyclic) bond motifs is 1. The second kappa shape index (κ2) is 15.7. The number of methoxy groups -OCH3 is 1. The van der Waals surface area contributed by atoms with Crippen molar-refractivity contribution in [3.63, 3.8) is 0 Å². The zero-order chi connectivity index (χ0) is 28.2. The standard InChI is InChI=1S/C28H34N6O3S.C2H6/c1-36-18-22-12-13-25(37-22)34-19-30-26-27(32-24(33-28(26)34)17-31-38-15-14-35)29-16-23(20-8-4-2-5-9-20)21-10-6-3-7-11-21;1-2/h2-11,19,22-23,25,31,35H,12-18H2,1H3,(H,29,32,33);1-2H3. The fourth-order valence-corrected chi connectivity index (χ4v) is 5.27. The second-order valence-electron chi connectivity index (χ2n) is 9.21. The Balaban J connectivity index is 0.00000181. The number of aromatic nitrogens is 4. The van der Waals surface area contributed by atoms with Crippen molar-refractivity contribution in [1.29, 1.82) is 0 Å². The van der Waals surface area contributed by atoms with E-state index in [-0.39, 0.29) is 24.9 Å². The Morgan fingerprint density at radius 3 is 2.40 bits per heavy atom. The first-order valence-corrected chi connectivity index (χ1v) is 14.9. The molecule has 2 aromatic heterocycles. The van der Waals surface area contributed by atoms with Crippen molar-refractivity contribution in [3.8, 4) is 0 Å². The predicted molar refractivity (Wildman–Crippen MR) is 161 cm³/mol. The van der Waals surface area contributed by atoms with Gasteiger partial charge in [-0.15, -0.1) is 0 Å². The summed E-state index contributed by atoms with van der Waals surface area (Å²) < 4.78 is 16.8. The molecule has 4 aromatic rings. The van der Waals surface area contributed by atoms with Crippen molar-refractivity contribution in [1.82, 2.24) is 24.2 Å². The number of nitrogens with one attached hydrogen (secondary N) is 2. The Morgan fingerprint density at radius 2 is 1.75 bits per heavy atom. The van der Waals surface area contributed by atoms with Gasteiger partial charge in [0.15, 0.2) is 17.0 Å². The lowest BCUT2D eigenvalue weighted by atomic mass is 9.91. The van der Waals surface area contributed by atoms with Gasteiger partial charge in [-0.1, -0.05) is 86.5 Å². The molecule has 3 N–H and O–H groups in total. The fraction of sp³-hybridized carbons (Fsp3) is 0.433. The van der Waals surface area contributed by atoms with Crippen molar-refractivity contribution >= 4 is 28.9 Å². The highest BCUT2D eigenvalue weighted by molar-refractivity contribution is 7.97. The number of imidazole rings is 1. The van der Waals surface area contributed by atoms with E-state index >= 15 is 0 Å². The van der Waals surface area contributed by atoms with E-state index in [9.17, 15) is 0 Å². The third-order valence-electron chi connectivity index (χ3n) is 6.62. The predicted octanol–water partition coefficient (Wildman–Crippen LogP) is 5.15. The number of rotatable bonds is 13. The van der Waals surface area contributed by atoms with Gasteiger partial charge in [0.1, 0.15) is 12.1 Å². The Kier molecular flexibility index (Phi) is 11.7. The van der Waals surface area contributed by atoms with Gasteiger partial charge in [0, 0.05) is 25.3 Å². The van der Waals surface area contributed by atoms with E-state index in [1.165, 1.54) is 23.1 Å². The molecular formula is C30H40N6O3S. The van der Waals surface area contributed by atoms with E-state index in [2.05, 4.69) is 58.6 Å². The number of hydrogen-bond acceptors (Lipinski definition) is 9. The molecule has 1 saturated heterocycles. The zero-order valence-electron chi connectivity index (χ0n) is 23.5. The summed E-state index contributed by atoms with van der Waals surface area (Å²) in [5, 5.41) is 12.7. The van der Waals surface area contributed by atoms with Gasteiger partial charge < -0.3 is 19.9 Å². The van der Waals surface area contributed by atoms with Crippen LogP contribution in [-0.4, -0.2) is 63.4 Å². The molecule has 0 aliphatic carbocycles. The van der Waals surface area contributed by atoms with Gasteiger partial charge in [0.05, 0.1) is 32.2 Å². The minimum Gasteiger partial charge on any atom is -0.395 e. The van der Waals surface area contributed by atoms with Crippen LogP contribution >= 0.6 is 11.9 Å². The molecule has 0 bridgehead atoms. The molecule has 1 aliphatic rings. The number of nitrogens with zero attached hydrogens (tertiary/aromatic N) is 4. The highest BCUT2D eigenvalue weighted by atomic mass is 32.2. The van der Waals surface area contributed by atoms with Crippen LogP contribution in [0.1, 0.15) is 55.8 Å². The number of anilines is 1. The van der Waals surface area contributed by atoms with Crippen LogP contribution in [0.2, 0.25) is 0 Å². The van der Waals surface area contributed by atoms with Crippen LogP contribution in [0.5, 0.6) is 0 Å². The molecule has 0 saturated carbocycles. The first-order chi connectivity index (χ1) is 19.8. The van der Waals surface area contributed by atoms with Gasteiger partial charge in [-0.3, -0.25) is 9.29 Å². The van der Waals surface area contributed by atoms with Gasteiger partial charge in [0.25, 0.3) is 0 Å². The van der Waals surface area contributed by atoms with Gasteiger partial charge in [-0.25, -0.2) is 15.0 Å². The Hall–Kier alpha value is -3.02. The first-order valence-electron chi connectivity index (χ1n) is 13.9. The molecule has 2 atom stereocenters. The van der Waals surface area contributed by atoms with Crippen LogP contribution in [0, 0.1) is 0 Å². The average Bonchev–Trinajstić information content (AvgIpc) is 3.65. The van der Waals surface area contributed by atoms with Crippen molar-refractivity contribution in [3.05, 3.63) is 83.9 Å². The Morgan fingerprint density at radius 1 is 1.05 bits per heavy atom. The van der Waals surface area contributed by atoms with Crippen LogP contribution in [0.25, 0.3) is 11.2 Å². The van der Waals surface area contributed by atoms with E-state index in [4.69, 9.17) is 29.5 Å². The smallest absolute Gasteiger partial charge is 0.167 e. The minimum absolute atomic E-state index is 0.0652. The van der Waals surface area contributed by atoms with Crippen LogP contribution in [0.4, 0.5) is 5.82 Å². The summed E-state index contributed by atoms with van der Waals surface area (Å²) >= 11 is 1.45. The summed E-state index contributed by atoms with van der Waals surface area (Å²) in [4.78, 5) is 14.4. The van der Waals surface area contributed by atoms with Gasteiger partial charge in [-0.05, 0) is 24.0 Å². The maximum absolute atomic E-state index is 9.11. The SMILES string of the molecule is CC.COCC1CCC(n2cnc3c(NCC(c4ccccc4)c4ccccc4)nc(CNSCCO)nc32)O1. The van der Waals surface area contributed by atoms with E-state index in [1.54, 1.807) is 13.4 Å².